The molecule has 27 heavy (non-hydrogen) atoms. The summed E-state index contributed by atoms with van der Waals surface area (Å²) in [5, 5.41) is 9.81. The van der Waals surface area contributed by atoms with Crippen LogP contribution in [0, 0.1) is 6.92 Å². The summed E-state index contributed by atoms with van der Waals surface area (Å²) in [5.74, 6) is 0.801. The second-order valence-electron chi connectivity index (χ2n) is 5.76. The van der Waals surface area contributed by atoms with Gasteiger partial charge in [0.05, 0.1) is 12.1 Å². The van der Waals surface area contributed by atoms with Crippen molar-refractivity contribution in [2.75, 3.05) is 5.32 Å². The molecular formula is C18H15F3N4OS. The number of hydrogen-bond donors (Lipinski definition) is 2. The molecule has 5 nitrogen and oxygen atoms in total. The van der Waals surface area contributed by atoms with Gasteiger partial charge in [0.1, 0.15) is 0 Å². The number of rotatable bonds is 4. The molecule has 2 N–H and O–H groups in total. The van der Waals surface area contributed by atoms with Crippen LogP contribution in [0.4, 0.5) is 18.9 Å². The summed E-state index contributed by atoms with van der Waals surface area (Å²) in [6.07, 6.45) is -4.37. The zero-order valence-electron chi connectivity index (χ0n) is 14.2. The van der Waals surface area contributed by atoms with Crippen molar-refractivity contribution in [1.82, 2.24) is 15.5 Å². The molecule has 0 aliphatic heterocycles. The van der Waals surface area contributed by atoms with Crippen LogP contribution in [-0.2, 0) is 12.7 Å². The summed E-state index contributed by atoms with van der Waals surface area (Å²) < 4.78 is 42.8. The van der Waals surface area contributed by atoms with E-state index in [1.54, 1.807) is 0 Å². The molecule has 9 heteroatoms. The zero-order chi connectivity index (χ0) is 19.4. The molecule has 0 amide bonds. The maximum atomic E-state index is 12.6. The number of alkyl halides is 3. The summed E-state index contributed by atoms with van der Waals surface area (Å²) in [6.45, 7) is 2.17. The Bertz CT molecular complexity index is 921. The number of nitrogens with zero attached hydrogens (tertiary/aromatic N) is 2. The Morgan fingerprint density at radius 3 is 2.37 bits per heavy atom. The summed E-state index contributed by atoms with van der Waals surface area (Å²) in [5.41, 5.74) is 1.68. The topological polar surface area (TPSA) is 63.0 Å². The highest BCUT2D eigenvalue weighted by atomic mass is 32.1. The molecule has 0 atom stereocenters. The number of benzene rings is 2. The minimum Gasteiger partial charge on any atom is -0.353 e. The molecule has 0 radical (unpaired) electrons. The van der Waals surface area contributed by atoms with Crippen molar-refractivity contribution in [1.29, 1.82) is 0 Å². The molecule has 0 saturated carbocycles. The van der Waals surface area contributed by atoms with Crippen LogP contribution in [-0.4, -0.2) is 15.3 Å². The molecule has 3 aromatic rings. The monoisotopic (exact) mass is 392 g/mol. The van der Waals surface area contributed by atoms with Crippen molar-refractivity contribution in [2.45, 2.75) is 19.6 Å². The third-order valence-corrected chi connectivity index (χ3v) is 3.89. The molecule has 0 aliphatic rings. The number of thiocarbonyl (C=S) groups is 1. The van der Waals surface area contributed by atoms with Gasteiger partial charge in [-0.15, -0.1) is 0 Å². The lowest BCUT2D eigenvalue weighted by Gasteiger charge is -2.10. The predicted octanol–water partition coefficient (Wildman–Crippen LogP) is 4.55. The highest BCUT2D eigenvalue weighted by molar-refractivity contribution is 7.80. The van der Waals surface area contributed by atoms with Crippen LogP contribution in [0.2, 0.25) is 0 Å². The molecule has 140 valence electrons. The minimum atomic E-state index is -4.37. The second-order valence-corrected chi connectivity index (χ2v) is 6.17. The second kappa shape index (κ2) is 7.75. The van der Waals surface area contributed by atoms with E-state index in [4.69, 9.17) is 16.7 Å². The lowest BCUT2D eigenvalue weighted by atomic mass is 10.1. The first-order valence-corrected chi connectivity index (χ1v) is 8.34. The Kier molecular flexibility index (Phi) is 5.41. The van der Waals surface area contributed by atoms with Gasteiger partial charge in [-0.1, -0.05) is 35.0 Å². The van der Waals surface area contributed by atoms with E-state index in [1.165, 1.54) is 12.1 Å². The smallest absolute Gasteiger partial charge is 0.353 e. The largest absolute Gasteiger partial charge is 0.416 e. The van der Waals surface area contributed by atoms with Gasteiger partial charge in [-0.3, -0.25) is 0 Å². The van der Waals surface area contributed by atoms with Crippen molar-refractivity contribution in [2.24, 2.45) is 0 Å². The summed E-state index contributed by atoms with van der Waals surface area (Å²) in [7, 11) is 0. The van der Waals surface area contributed by atoms with Crippen molar-refractivity contribution in [3.63, 3.8) is 0 Å². The van der Waals surface area contributed by atoms with Gasteiger partial charge in [-0.05, 0) is 43.4 Å². The van der Waals surface area contributed by atoms with Gasteiger partial charge >= 0.3 is 6.18 Å². The first-order chi connectivity index (χ1) is 12.8. The molecule has 0 fully saturated rings. The number of anilines is 1. The minimum absolute atomic E-state index is 0.186. The van der Waals surface area contributed by atoms with Crippen LogP contribution in [0.5, 0.6) is 0 Å². The highest BCUT2D eigenvalue weighted by Crippen LogP contribution is 2.29. The summed E-state index contributed by atoms with van der Waals surface area (Å²) in [4.78, 5) is 4.28. The standard InChI is InChI=1S/C18H15F3N4OS/c1-11-2-4-12(5-3-11)16-24-15(26-25-16)10-22-17(27)23-14-8-6-13(7-9-14)18(19,20)21/h2-9H,10H2,1H3,(H2,22,23,27). The highest BCUT2D eigenvalue weighted by Gasteiger charge is 2.29. The van der Waals surface area contributed by atoms with Gasteiger partial charge in [0.15, 0.2) is 5.11 Å². The number of aromatic nitrogens is 2. The van der Waals surface area contributed by atoms with E-state index in [0.717, 1.165) is 23.3 Å². The molecular weight excluding hydrogens is 377 g/mol. The lowest BCUT2D eigenvalue weighted by Crippen LogP contribution is -2.28. The summed E-state index contributed by atoms with van der Waals surface area (Å²) >= 11 is 5.12. The van der Waals surface area contributed by atoms with Gasteiger partial charge in [0, 0.05) is 11.3 Å². The van der Waals surface area contributed by atoms with Crippen molar-refractivity contribution in [3.05, 3.63) is 65.5 Å². The average Bonchev–Trinajstić information content (AvgIpc) is 3.09. The fourth-order valence-corrected chi connectivity index (χ4v) is 2.41. The van der Waals surface area contributed by atoms with Crippen molar-refractivity contribution in [3.8, 4) is 11.4 Å². The van der Waals surface area contributed by atoms with E-state index in [1.807, 2.05) is 31.2 Å². The summed E-state index contributed by atoms with van der Waals surface area (Å²) in [6, 6.07) is 12.3. The number of aryl methyl sites for hydroxylation is 1. The van der Waals surface area contributed by atoms with Crippen LogP contribution in [0.1, 0.15) is 17.0 Å². The molecule has 3 rings (SSSR count). The van der Waals surface area contributed by atoms with Crippen LogP contribution in [0.25, 0.3) is 11.4 Å². The predicted molar refractivity (Wildman–Crippen MR) is 99.0 cm³/mol. The van der Waals surface area contributed by atoms with Crippen LogP contribution in [0.15, 0.2) is 53.1 Å². The Morgan fingerprint density at radius 1 is 1.07 bits per heavy atom. The molecule has 1 aromatic heterocycles. The lowest BCUT2D eigenvalue weighted by molar-refractivity contribution is -0.137. The first-order valence-electron chi connectivity index (χ1n) is 7.93. The quantitative estimate of drug-likeness (QED) is 0.635. The van der Waals surface area contributed by atoms with Crippen LogP contribution >= 0.6 is 12.2 Å². The maximum Gasteiger partial charge on any atom is 0.416 e. The average molecular weight is 392 g/mol. The fraction of sp³-hybridized carbons (Fsp3) is 0.167. The van der Waals surface area contributed by atoms with Gasteiger partial charge in [0.25, 0.3) is 0 Å². The molecule has 0 spiro atoms. The van der Waals surface area contributed by atoms with Crippen molar-refractivity contribution < 1.29 is 17.7 Å². The van der Waals surface area contributed by atoms with Crippen LogP contribution in [0.3, 0.4) is 0 Å². The van der Waals surface area contributed by atoms with E-state index >= 15 is 0 Å². The number of hydrogen-bond acceptors (Lipinski definition) is 4. The Hall–Kier alpha value is -2.94. The third kappa shape index (κ3) is 5.04. The third-order valence-electron chi connectivity index (χ3n) is 3.65. The van der Waals surface area contributed by atoms with E-state index in [2.05, 4.69) is 20.8 Å². The zero-order valence-corrected chi connectivity index (χ0v) is 15.0. The normalized spacial score (nSPS) is 11.3. The van der Waals surface area contributed by atoms with E-state index in [9.17, 15) is 13.2 Å². The molecule has 0 aliphatic carbocycles. The number of halogens is 3. The molecule has 1 heterocycles. The maximum absolute atomic E-state index is 12.6. The van der Waals surface area contributed by atoms with Gasteiger partial charge < -0.3 is 15.2 Å². The SMILES string of the molecule is Cc1ccc(-c2noc(CNC(=S)Nc3ccc(C(F)(F)F)cc3)n2)cc1. The molecule has 0 saturated heterocycles. The van der Waals surface area contributed by atoms with E-state index in [0.29, 0.717) is 17.4 Å². The first kappa shape index (κ1) is 18.8. The molecule has 0 unspecified atom stereocenters. The number of nitrogens with one attached hydrogen (secondary N) is 2. The Morgan fingerprint density at radius 2 is 1.74 bits per heavy atom. The Balaban J connectivity index is 1.54. The van der Waals surface area contributed by atoms with E-state index in [-0.39, 0.29) is 11.7 Å². The molecule has 2 aromatic carbocycles. The van der Waals surface area contributed by atoms with Gasteiger partial charge in [-0.25, -0.2) is 0 Å². The van der Waals surface area contributed by atoms with E-state index < -0.39 is 11.7 Å². The Labute approximate surface area is 158 Å². The van der Waals surface area contributed by atoms with Crippen molar-refractivity contribution >= 4 is 23.0 Å². The van der Waals surface area contributed by atoms with Crippen LogP contribution < -0.4 is 10.6 Å². The fourth-order valence-electron chi connectivity index (χ4n) is 2.22. The molecule has 0 bridgehead atoms. The van der Waals surface area contributed by atoms with Gasteiger partial charge in [0.2, 0.25) is 11.7 Å². The van der Waals surface area contributed by atoms with Gasteiger partial charge in [-0.2, -0.15) is 18.2 Å².